The standard InChI is InChI=1S/C23H35N3O2/c1-24-23(27)17-25(16-22-7-4-12-28-22)15-18-8-10-26(11-9-18)21-13-19-5-2-3-6-20(19)14-21/h2-3,5-6,18,21-22H,4,7-17H2,1H3,(H,24,27)/t22-/m1/s1. The van der Waals surface area contributed by atoms with E-state index in [0.29, 0.717) is 24.6 Å². The normalized spacial score (nSPS) is 24.0. The summed E-state index contributed by atoms with van der Waals surface area (Å²) < 4.78 is 5.82. The summed E-state index contributed by atoms with van der Waals surface area (Å²) in [5.74, 6) is 0.797. The summed E-state index contributed by atoms with van der Waals surface area (Å²) in [6.45, 7) is 5.67. The first-order valence-electron chi connectivity index (χ1n) is 11.1. The molecule has 1 amide bonds. The number of hydrogen-bond donors (Lipinski definition) is 1. The molecule has 2 aliphatic heterocycles. The number of amides is 1. The third kappa shape index (κ3) is 4.94. The number of nitrogens with one attached hydrogen (secondary N) is 1. The first-order valence-corrected chi connectivity index (χ1v) is 11.1. The quantitative estimate of drug-likeness (QED) is 0.781. The van der Waals surface area contributed by atoms with E-state index in [1.54, 1.807) is 18.2 Å². The molecule has 0 spiro atoms. The van der Waals surface area contributed by atoms with Gasteiger partial charge in [0.2, 0.25) is 5.91 Å². The molecule has 0 saturated carbocycles. The second kappa shape index (κ2) is 9.38. The van der Waals surface area contributed by atoms with Crippen molar-refractivity contribution in [3.63, 3.8) is 0 Å². The number of piperidine rings is 1. The van der Waals surface area contributed by atoms with Gasteiger partial charge in [-0.3, -0.25) is 14.6 Å². The fourth-order valence-electron chi connectivity index (χ4n) is 5.22. The van der Waals surface area contributed by atoms with Crippen molar-refractivity contribution in [2.75, 3.05) is 46.4 Å². The molecule has 2 saturated heterocycles. The maximum atomic E-state index is 12.0. The van der Waals surface area contributed by atoms with Gasteiger partial charge in [-0.05, 0) is 68.7 Å². The van der Waals surface area contributed by atoms with Crippen molar-refractivity contribution in [2.45, 2.75) is 50.7 Å². The Bertz CT molecular complexity index is 626. The summed E-state index contributed by atoms with van der Waals surface area (Å²) in [4.78, 5) is 17.0. The number of likely N-dealkylation sites (N-methyl/N-ethyl adjacent to an activating group) is 1. The minimum absolute atomic E-state index is 0.110. The van der Waals surface area contributed by atoms with Crippen molar-refractivity contribution >= 4 is 5.91 Å². The number of ether oxygens (including phenoxy) is 1. The van der Waals surface area contributed by atoms with Gasteiger partial charge in [0.15, 0.2) is 0 Å². The maximum absolute atomic E-state index is 12.0. The van der Waals surface area contributed by atoms with Crippen LogP contribution in [0.25, 0.3) is 0 Å². The molecular weight excluding hydrogens is 350 g/mol. The molecule has 5 heteroatoms. The van der Waals surface area contributed by atoms with Crippen LogP contribution in [0.3, 0.4) is 0 Å². The maximum Gasteiger partial charge on any atom is 0.233 e. The van der Waals surface area contributed by atoms with Crippen molar-refractivity contribution in [1.82, 2.24) is 15.1 Å². The average molecular weight is 386 g/mol. The summed E-state index contributed by atoms with van der Waals surface area (Å²) in [5.41, 5.74) is 3.09. The Hall–Kier alpha value is -1.43. The van der Waals surface area contributed by atoms with Gasteiger partial charge in [-0.15, -0.1) is 0 Å². The van der Waals surface area contributed by atoms with Gasteiger partial charge in [-0.25, -0.2) is 0 Å². The van der Waals surface area contributed by atoms with Gasteiger partial charge in [0, 0.05) is 32.8 Å². The van der Waals surface area contributed by atoms with Crippen molar-refractivity contribution in [3.8, 4) is 0 Å². The zero-order valence-electron chi connectivity index (χ0n) is 17.2. The highest BCUT2D eigenvalue weighted by atomic mass is 16.5. The molecule has 0 aromatic heterocycles. The minimum atomic E-state index is 0.110. The molecule has 4 rings (SSSR count). The van der Waals surface area contributed by atoms with Gasteiger partial charge in [0.25, 0.3) is 0 Å². The molecule has 0 bridgehead atoms. The fraction of sp³-hybridized carbons (Fsp3) is 0.696. The second-order valence-corrected chi connectivity index (χ2v) is 8.81. The zero-order valence-corrected chi connectivity index (χ0v) is 17.2. The van der Waals surface area contributed by atoms with E-state index in [0.717, 1.165) is 32.5 Å². The third-order valence-corrected chi connectivity index (χ3v) is 6.84. The highest BCUT2D eigenvalue weighted by molar-refractivity contribution is 5.77. The highest BCUT2D eigenvalue weighted by Gasteiger charge is 2.31. The molecular formula is C23H35N3O2. The minimum Gasteiger partial charge on any atom is -0.377 e. The number of hydrogen-bond acceptors (Lipinski definition) is 4. The molecule has 1 aromatic carbocycles. The second-order valence-electron chi connectivity index (χ2n) is 8.81. The fourth-order valence-corrected chi connectivity index (χ4v) is 5.22. The van der Waals surface area contributed by atoms with E-state index in [1.807, 2.05) is 0 Å². The summed E-state index contributed by atoms with van der Waals surface area (Å²) >= 11 is 0. The number of nitrogens with zero attached hydrogens (tertiary/aromatic N) is 2. The van der Waals surface area contributed by atoms with Gasteiger partial charge in [0.1, 0.15) is 0 Å². The van der Waals surface area contributed by atoms with Gasteiger partial charge >= 0.3 is 0 Å². The van der Waals surface area contributed by atoms with Crippen LogP contribution in [0.5, 0.6) is 0 Å². The van der Waals surface area contributed by atoms with Crippen molar-refractivity contribution in [2.24, 2.45) is 5.92 Å². The molecule has 1 N–H and O–H groups in total. The molecule has 2 heterocycles. The molecule has 28 heavy (non-hydrogen) atoms. The van der Waals surface area contributed by atoms with Gasteiger partial charge < -0.3 is 10.1 Å². The van der Waals surface area contributed by atoms with Crippen molar-refractivity contribution in [1.29, 1.82) is 0 Å². The van der Waals surface area contributed by atoms with Crippen LogP contribution in [0.4, 0.5) is 0 Å². The van der Waals surface area contributed by atoms with Crippen LogP contribution in [0.15, 0.2) is 24.3 Å². The molecule has 3 aliphatic rings. The molecule has 5 nitrogen and oxygen atoms in total. The number of likely N-dealkylation sites (tertiary alicyclic amines) is 1. The van der Waals surface area contributed by atoms with Crippen LogP contribution in [-0.2, 0) is 22.4 Å². The Morgan fingerprint density at radius 2 is 1.86 bits per heavy atom. The van der Waals surface area contributed by atoms with Crippen LogP contribution < -0.4 is 5.32 Å². The van der Waals surface area contributed by atoms with Crippen LogP contribution in [0.1, 0.15) is 36.8 Å². The lowest BCUT2D eigenvalue weighted by Crippen LogP contribution is -2.46. The molecule has 0 unspecified atom stereocenters. The van der Waals surface area contributed by atoms with E-state index in [4.69, 9.17) is 4.74 Å². The molecule has 1 aliphatic carbocycles. The van der Waals surface area contributed by atoms with Crippen molar-refractivity contribution in [3.05, 3.63) is 35.4 Å². The lowest BCUT2D eigenvalue weighted by molar-refractivity contribution is -0.122. The topological polar surface area (TPSA) is 44.8 Å². The molecule has 1 aromatic rings. The van der Waals surface area contributed by atoms with Gasteiger partial charge in [-0.1, -0.05) is 24.3 Å². The summed E-state index contributed by atoms with van der Waals surface area (Å²) in [6, 6.07) is 9.62. The predicted octanol–water partition coefficient (Wildman–Crippen LogP) is 2.09. The first-order chi connectivity index (χ1) is 13.7. The van der Waals surface area contributed by atoms with E-state index in [9.17, 15) is 4.79 Å². The Balaban J connectivity index is 1.26. The van der Waals surface area contributed by atoms with Crippen LogP contribution in [0, 0.1) is 5.92 Å². The Labute approximate surface area is 169 Å². The number of benzene rings is 1. The number of fused-ring (bicyclic) bond motifs is 1. The molecule has 2 fully saturated rings. The zero-order chi connectivity index (χ0) is 19.3. The van der Waals surface area contributed by atoms with Crippen LogP contribution >= 0.6 is 0 Å². The van der Waals surface area contributed by atoms with E-state index in [2.05, 4.69) is 39.4 Å². The number of carbonyl (C=O) groups excluding carboxylic acids is 1. The van der Waals surface area contributed by atoms with Crippen molar-refractivity contribution < 1.29 is 9.53 Å². The van der Waals surface area contributed by atoms with Gasteiger partial charge in [0.05, 0.1) is 12.6 Å². The molecule has 1 atom stereocenters. The lowest BCUT2D eigenvalue weighted by Gasteiger charge is -2.38. The first kappa shape index (κ1) is 19.9. The Kier molecular flexibility index (Phi) is 6.65. The molecule has 0 radical (unpaired) electrons. The van der Waals surface area contributed by atoms with E-state index in [1.165, 1.54) is 38.8 Å². The lowest BCUT2D eigenvalue weighted by atomic mass is 9.94. The largest absolute Gasteiger partial charge is 0.377 e. The smallest absolute Gasteiger partial charge is 0.233 e. The summed E-state index contributed by atoms with van der Waals surface area (Å²) in [5, 5.41) is 2.78. The molecule has 154 valence electrons. The van der Waals surface area contributed by atoms with Crippen LogP contribution in [0.2, 0.25) is 0 Å². The van der Waals surface area contributed by atoms with E-state index in [-0.39, 0.29) is 5.91 Å². The monoisotopic (exact) mass is 385 g/mol. The van der Waals surface area contributed by atoms with Gasteiger partial charge in [-0.2, -0.15) is 0 Å². The van der Waals surface area contributed by atoms with E-state index >= 15 is 0 Å². The Morgan fingerprint density at radius 3 is 2.46 bits per heavy atom. The SMILES string of the molecule is CNC(=O)CN(CC1CCN(C2Cc3ccccc3C2)CC1)C[C@H]1CCCO1. The Morgan fingerprint density at radius 1 is 1.14 bits per heavy atom. The van der Waals surface area contributed by atoms with E-state index < -0.39 is 0 Å². The summed E-state index contributed by atoms with van der Waals surface area (Å²) in [7, 11) is 1.73. The average Bonchev–Trinajstić information content (AvgIpc) is 3.37. The van der Waals surface area contributed by atoms with Crippen LogP contribution in [-0.4, -0.2) is 74.2 Å². The number of rotatable bonds is 7. The third-order valence-electron chi connectivity index (χ3n) is 6.84. The number of carbonyl (C=O) groups is 1. The summed E-state index contributed by atoms with van der Waals surface area (Å²) in [6.07, 6.45) is 7.49. The predicted molar refractivity (Wildman–Crippen MR) is 111 cm³/mol. The highest BCUT2D eigenvalue weighted by Crippen LogP contribution is 2.29.